The van der Waals surface area contributed by atoms with Gasteiger partial charge in [-0.05, 0) is 13.3 Å². The third-order valence-corrected chi connectivity index (χ3v) is 3.15. The van der Waals surface area contributed by atoms with E-state index in [-0.39, 0.29) is 18.9 Å². The molecule has 0 saturated carbocycles. The Morgan fingerprint density at radius 2 is 1.87 bits per heavy atom. The first-order valence-electron chi connectivity index (χ1n) is 4.54. The lowest BCUT2D eigenvalue weighted by atomic mass is 10.1. The van der Waals surface area contributed by atoms with Gasteiger partial charge in [-0.1, -0.05) is 0 Å². The molecule has 0 rings (SSSR count). The van der Waals surface area contributed by atoms with Crippen LogP contribution in [-0.4, -0.2) is 41.3 Å². The van der Waals surface area contributed by atoms with Gasteiger partial charge < -0.3 is 19.5 Å². The molecule has 0 aromatic carbocycles. The van der Waals surface area contributed by atoms with Crippen LogP contribution in [0.3, 0.4) is 0 Å². The molecule has 0 aliphatic carbocycles. The van der Waals surface area contributed by atoms with Gasteiger partial charge in [0.2, 0.25) is 0 Å². The molecule has 0 radical (unpaired) electrons. The van der Waals surface area contributed by atoms with Crippen molar-refractivity contribution < 1.29 is 29.1 Å². The van der Waals surface area contributed by atoms with Gasteiger partial charge in [0.1, 0.15) is 7.80 Å². The van der Waals surface area contributed by atoms with Crippen molar-refractivity contribution in [3.05, 3.63) is 0 Å². The Labute approximate surface area is 88.0 Å². The van der Waals surface area contributed by atoms with Crippen LogP contribution in [0, 0.1) is 5.92 Å². The summed E-state index contributed by atoms with van der Waals surface area (Å²) in [6.45, 7) is 2.20. The van der Waals surface area contributed by atoms with Gasteiger partial charge in [-0.3, -0.25) is 9.59 Å². The maximum atomic E-state index is 11.2. The van der Waals surface area contributed by atoms with Gasteiger partial charge in [-0.25, -0.2) is 0 Å². The fourth-order valence-corrected chi connectivity index (χ4v) is 2.13. The molecule has 7 heteroatoms. The summed E-state index contributed by atoms with van der Waals surface area (Å²) in [7, 11) is -2.01. The molecule has 0 fully saturated rings. The van der Waals surface area contributed by atoms with Gasteiger partial charge in [0, 0.05) is 12.8 Å². The third kappa shape index (κ3) is 6.25. The van der Waals surface area contributed by atoms with Crippen LogP contribution in [-0.2, 0) is 18.9 Å². The van der Waals surface area contributed by atoms with Crippen molar-refractivity contribution in [3.63, 3.8) is 0 Å². The number of aliphatic carboxylic acids is 2. The Bertz CT molecular complexity index is 238. The minimum atomic E-state index is -2.01. The molecule has 0 spiro atoms. The molecule has 0 aliphatic rings. The Balaban J connectivity index is 3.95. The first kappa shape index (κ1) is 14.1. The number of ether oxygens (including phenoxy) is 1. The SMILES string of the molecule is CCOC[PH](=O)CCC(C(=O)O)C(=O)O. The molecule has 0 bridgehead atoms. The lowest BCUT2D eigenvalue weighted by molar-refractivity contribution is -0.154. The summed E-state index contributed by atoms with van der Waals surface area (Å²) in [4.78, 5) is 20.9. The monoisotopic (exact) mass is 238 g/mol. The van der Waals surface area contributed by atoms with Gasteiger partial charge >= 0.3 is 11.9 Å². The standard InChI is InChI=1S/C8H15O6P/c1-2-14-5-15(13)4-3-6(7(9)10)8(11)12/h6,15H,2-5H2,1H3,(H,9,10)(H,11,12). The highest BCUT2D eigenvalue weighted by Crippen LogP contribution is 2.23. The van der Waals surface area contributed by atoms with Gasteiger partial charge in [0.05, 0.1) is 6.35 Å². The fourth-order valence-electron chi connectivity index (χ4n) is 0.946. The number of carboxylic acid groups (broad SMARTS) is 2. The van der Waals surface area contributed by atoms with Crippen molar-refractivity contribution in [2.75, 3.05) is 19.1 Å². The van der Waals surface area contributed by atoms with Crippen molar-refractivity contribution in [1.82, 2.24) is 0 Å². The molecule has 1 atom stereocenters. The van der Waals surface area contributed by atoms with Gasteiger partial charge in [-0.15, -0.1) is 0 Å². The number of carbonyl (C=O) groups is 2. The van der Waals surface area contributed by atoms with E-state index < -0.39 is 25.7 Å². The molecule has 0 aromatic rings. The minimum absolute atomic E-state index is 0.0904. The van der Waals surface area contributed by atoms with Crippen molar-refractivity contribution in [1.29, 1.82) is 0 Å². The van der Waals surface area contributed by atoms with Gasteiger partial charge in [0.15, 0.2) is 5.92 Å². The molecule has 0 heterocycles. The largest absolute Gasteiger partial charge is 0.481 e. The molecule has 0 amide bonds. The van der Waals surface area contributed by atoms with E-state index >= 15 is 0 Å². The van der Waals surface area contributed by atoms with Crippen LogP contribution in [0.15, 0.2) is 0 Å². The van der Waals surface area contributed by atoms with Crippen LogP contribution < -0.4 is 0 Å². The van der Waals surface area contributed by atoms with Crippen molar-refractivity contribution in [2.24, 2.45) is 5.92 Å². The van der Waals surface area contributed by atoms with E-state index in [1.165, 1.54) is 0 Å². The fraction of sp³-hybridized carbons (Fsp3) is 0.750. The second kappa shape index (κ2) is 7.43. The normalized spacial score (nSPS) is 12.7. The van der Waals surface area contributed by atoms with Crippen molar-refractivity contribution in [3.8, 4) is 0 Å². The molecule has 2 N–H and O–H groups in total. The average Bonchev–Trinajstić information content (AvgIpc) is 2.13. The molecular weight excluding hydrogens is 223 g/mol. The first-order chi connectivity index (χ1) is 6.99. The van der Waals surface area contributed by atoms with Crippen LogP contribution >= 0.6 is 7.80 Å². The second-order valence-corrected chi connectivity index (χ2v) is 4.81. The molecular formula is C8H15O6P. The van der Waals surface area contributed by atoms with E-state index in [4.69, 9.17) is 14.9 Å². The maximum Gasteiger partial charge on any atom is 0.317 e. The minimum Gasteiger partial charge on any atom is -0.481 e. The van der Waals surface area contributed by atoms with Crippen LogP contribution in [0.2, 0.25) is 0 Å². The smallest absolute Gasteiger partial charge is 0.317 e. The molecule has 6 nitrogen and oxygen atoms in total. The summed E-state index contributed by atoms with van der Waals surface area (Å²) < 4.78 is 16.1. The Hall–Kier alpha value is -0.870. The third-order valence-electron chi connectivity index (χ3n) is 1.78. The van der Waals surface area contributed by atoms with E-state index in [2.05, 4.69) is 0 Å². The number of rotatable bonds is 8. The first-order valence-corrected chi connectivity index (χ1v) is 6.36. The highest BCUT2D eigenvalue weighted by molar-refractivity contribution is 7.44. The Morgan fingerprint density at radius 3 is 2.27 bits per heavy atom. The topological polar surface area (TPSA) is 101 Å². The molecule has 0 aromatic heterocycles. The zero-order valence-electron chi connectivity index (χ0n) is 8.43. The molecule has 88 valence electrons. The summed E-state index contributed by atoms with van der Waals surface area (Å²) in [5.74, 6) is -4.26. The van der Waals surface area contributed by atoms with Crippen LogP contribution in [0.5, 0.6) is 0 Å². The lowest BCUT2D eigenvalue weighted by Gasteiger charge is -2.06. The molecule has 1 unspecified atom stereocenters. The van der Waals surface area contributed by atoms with Crippen molar-refractivity contribution in [2.45, 2.75) is 13.3 Å². The number of hydrogen-bond acceptors (Lipinski definition) is 4. The summed E-state index contributed by atoms with van der Waals surface area (Å²) in [6.07, 6.45) is 0.0661. The molecule has 0 saturated heterocycles. The van der Waals surface area contributed by atoms with Gasteiger partial charge in [0.25, 0.3) is 0 Å². The van der Waals surface area contributed by atoms with Crippen LogP contribution in [0.4, 0.5) is 0 Å². The Kier molecular flexibility index (Phi) is 6.99. The Morgan fingerprint density at radius 1 is 1.33 bits per heavy atom. The summed E-state index contributed by atoms with van der Waals surface area (Å²) in [6, 6.07) is 0. The zero-order valence-corrected chi connectivity index (χ0v) is 9.43. The number of hydrogen-bond donors (Lipinski definition) is 2. The van der Waals surface area contributed by atoms with Crippen LogP contribution in [0.1, 0.15) is 13.3 Å². The van der Waals surface area contributed by atoms with E-state index in [9.17, 15) is 14.2 Å². The predicted octanol–water partition coefficient (Wildman–Crippen LogP) is 0.716. The highest BCUT2D eigenvalue weighted by Gasteiger charge is 2.25. The second-order valence-electron chi connectivity index (χ2n) is 2.94. The van der Waals surface area contributed by atoms with Crippen molar-refractivity contribution >= 4 is 19.7 Å². The lowest BCUT2D eigenvalue weighted by Crippen LogP contribution is -2.23. The highest BCUT2D eigenvalue weighted by atomic mass is 31.1. The molecule has 0 aliphatic heterocycles. The molecule has 15 heavy (non-hydrogen) atoms. The van der Waals surface area contributed by atoms with E-state index in [1.807, 2.05) is 0 Å². The zero-order chi connectivity index (χ0) is 11.8. The number of carboxylic acids is 2. The summed E-state index contributed by atoms with van der Waals surface area (Å²) in [5, 5.41) is 17.1. The predicted molar refractivity (Wildman–Crippen MR) is 53.7 cm³/mol. The quantitative estimate of drug-likeness (QED) is 0.477. The van der Waals surface area contributed by atoms with E-state index in [0.29, 0.717) is 6.61 Å². The maximum absolute atomic E-state index is 11.2. The summed E-state index contributed by atoms with van der Waals surface area (Å²) >= 11 is 0. The average molecular weight is 238 g/mol. The van der Waals surface area contributed by atoms with E-state index in [1.54, 1.807) is 6.92 Å². The van der Waals surface area contributed by atoms with Gasteiger partial charge in [-0.2, -0.15) is 0 Å². The summed E-state index contributed by atoms with van der Waals surface area (Å²) in [5.41, 5.74) is 0. The van der Waals surface area contributed by atoms with E-state index in [0.717, 1.165) is 0 Å². The van der Waals surface area contributed by atoms with Crippen LogP contribution in [0.25, 0.3) is 0 Å².